The Hall–Kier alpha value is -1.49. The Morgan fingerprint density at radius 1 is 1.25 bits per heavy atom. The lowest BCUT2D eigenvalue weighted by molar-refractivity contribution is -0.140. The quantitative estimate of drug-likeness (QED) is 0.562. The first-order valence-electron chi connectivity index (χ1n) is 10.4. The molecule has 1 aliphatic rings. The van der Waals surface area contributed by atoms with Crippen molar-refractivity contribution < 1.29 is 23.1 Å². The van der Waals surface area contributed by atoms with Crippen LogP contribution in [-0.4, -0.2) is 68.5 Å². The minimum absolute atomic E-state index is 0.117. The van der Waals surface area contributed by atoms with Gasteiger partial charge in [0.25, 0.3) is 0 Å². The zero-order valence-electron chi connectivity index (χ0n) is 18.5. The Morgan fingerprint density at radius 2 is 1.88 bits per heavy atom. The largest absolute Gasteiger partial charge is 0.385 e. The molecule has 0 aliphatic carbocycles. The summed E-state index contributed by atoms with van der Waals surface area (Å²) >= 11 is 7.37. The van der Waals surface area contributed by atoms with Crippen molar-refractivity contribution in [2.24, 2.45) is 0 Å². The standard InChI is InChI=1S/C22H29ClN2O5S2/c1-16-14-20(17(2)31-16)32(28,29)24(3)12-13-30-15-21(26)25-10-8-22(27,9-11-25)18-4-6-19(23)7-5-18/h4-7,14,27H,8-13,15H2,1-3H3. The summed E-state index contributed by atoms with van der Waals surface area (Å²) in [6, 6.07) is 8.80. The van der Waals surface area contributed by atoms with E-state index in [9.17, 15) is 18.3 Å². The number of piperidine rings is 1. The zero-order chi connectivity index (χ0) is 23.5. The van der Waals surface area contributed by atoms with Gasteiger partial charge >= 0.3 is 0 Å². The minimum atomic E-state index is -3.58. The molecular formula is C22H29ClN2O5S2. The molecule has 0 bridgehead atoms. The Balaban J connectivity index is 1.44. The number of ether oxygens (including phenoxy) is 1. The van der Waals surface area contributed by atoms with E-state index in [1.54, 1.807) is 30.0 Å². The van der Waals surface area contributed by atoms with Crippen LogP contribution in [0.2, 0.25) is 5.02 Å². The lowest BCUT2D eigenvalue weighted by Gasteiger charge is -2.38. The number of carbonyl (C=O) groups is 1. The number of halogens is 1. The molecule has 1 aromatic heterocycles. The molecule has 2 heterocycles. The molecule has 10 heteroatoms. The van der Waals surface area contributed by atoms with Crippen LogP contribution in [-0.2, 0) is 25.2 Å². The molecule has 0 atom stereocenters. The summed E-state index contributed by atoms with van der Waals surface area (Å²) in [7, 11) is -2.07. The van der Waals surface area contributed by atoms with E-state index in [0.717, 1.165) is 15.3 Å². The van der Waals surface area contributed by atoms with Crippen LogP contribution in [0.4, 0.5) is 0 Å². The van der Waals surface area contributed by atoms with Crippen molar-refractivity contribution in [1.82, 2.24) is 9.21 Å². The van der Waals surface area contributed by atoms with Gasteiger partial charge in [0.05, 0.1) is 17.1 Å². The zero-order valence-corrected chi connectivity index (χ0v) is 20.9. The van der Waals surface area contributed by atoms with Gasteiger partial charge in [-0.3, -0.25) is 4.79 Å². The molecule has 3 rings (SSSR count). The third-order valence-electron chi connectivity index (χ3n) is 5.78. The van der Waals surface area contributed by atoms with E-state index < -0.39 is 15.6 Å². The molecule has 1 saturated heterocycles. The first-order valence-corrected chi connectivity index (χ1v) is 13.0. The van der Waals surface area contributed by atoms with E-state index in [-0.39, 0.29) is 25.7 Å². The number of amides is 1. The number of hydrogen-bond donors (Lipinski definition) is 1. The summed E-state index contributed by atoms with van der Waals surface area (Å²) in [5, 5.41) is 11.5. The third-order valence-corrected chi connectivity index (χ3v) is 9.11. The average Bonchev–Trinajstić information content (AvgIpc) is 3.10. The van der Waals surface area contributed by atoms with Crippen LogP contribution in [0.25, 0.3) is 0 Å². The van der Waals surface area contributed by atoms with Crippen molar-refractivity contribution in [1.29, 1.82) is 0 Å². The van der Waals surface area contributed by atoms with Gasteiger partial charge in [-0.1, -0.05) is 23.7 Å². The van der Waals surface area contributed by atoms with E-state index >= 15 is 0 Å². The minimum Gasteiger partial charge on any atom is -0.385 e. The SMILES string of the molecule is Cc1cc(S(=O)(=O)N(C)CCOCC(=O)N2CCC(O)(c3ccc(Cl)cc3)CC2)c(C)s1. The monoisotopic (exact) mass is 500 g/mol. The molecular weight excluding hydrogens is 472 g/mol. The number of nitrogens with zero attached hydrogens (tertiary/aromatic N) is 2. The first-order chi connectivity index (χ1) is 15.0. The Kier molecular flexibility index (Phi) is 8.01. The van der Waals surface area contributed by atoms with Crippen LogP contribution in [0.5, 0.6) is 0 Å². The van der Waals surface area contributed by atoms with Crippen LogP contribution in [0.15, 0.2) is 35.2 Å². The van der Waals surface area contributed by atoms with Gasteiger partial charge in [-0.2, -0.15) is 4.31 Å². The first kappa shape index (κ1) is 25.1. The summed E-state index contributed by atoms with van der Waals surface area (Å²) in [6.45, 7) is 4.66. The highest BCUT2D eigenvalue weighted by Gasteiger charge is 2.35. The maximum atomic E-state index is 12.7. The molecule has 7 nitrogen and oxygen atoms in total. The van der Waals surface area contributed by atoms with Gasteiger partial charge < -0.3 is 14.7 Å². The van der Waals surface area contributed by atoms with Gasteiger partial charge in [0.1, 0.15) is 6.61 Å². The fourth-order valence-electron chi connectivity index (χ4n) is 3.77. The molecule has 1 amide bonds. The lowest BCUT2D eigenvalue weighted by Crippen LogP contribution is -2.46. The van der Waals surface area contributed by atoms with E-state index in [0.29, 0.717) is 35.8 Å². The second kappa shape index (κ2) is 10.2. The number of likely N-dealkylation sites (N-methyl/N-ethyl adjacent to an activating group) is 1. The number of aliphatic hydroxyl groups is 1. The van der Waals surface area contributed by atoms with Crippen molar-refractivity contribution in [2.45, 2.75) is 37.2 Å². The summed E-state index contributed by atoms with van der Waals surface area (Å²) in [6.07, 6.45) is 0.863. The molecule has 1 fully saturated rings. The number of thiophene rings is 1. The molecule has 0 saturated carbocycles. The van der Waals surface area contributed by atoms with E-state index in [2.05, 4.69) is 0 Å². The highest BCUT2D eigenvalue weighted by molar-refractivity contribution is 7.89. The van der Waals surface area contributed by atoms with Crippen LogP contribution >= 0.6 is 22.9 Å². The fraction of sp³-hybridized carbons (Fsp3) is 0.500. The molecule has 0 radical (unpaired) electrons. The second-order valence-electron chi connectivity index (χ2n) is 8.08. The van der Waals surface area contributed by atoms with Crippen molar-refractivity contribution in [3.8, 4) is 0 Å². The molecule has 1 aliphatic heterocycles. The van der Waals surface area contributed by atoms with Gasteiger partial charge in [-0.25, -0.2) is 8.42 Å². The summed E-state index contributed by atoms with van der Waals surface area (Å²) in [5.41, 5.74) is -0.178. The smallest absolute Gasteiger partial charge is 0.248 e. The molecule has 2 aromatic rings. The number of benzene rings is 1. The number of carbonyl (C=O) groups excluding carboxylic acids is 1. The van der Waals surface area contributed by atoms with Gasteiger partial charge in [0.2, 0.25) is 15.9 Å². The van der Waals surface area contributed by atoms with E-state index in [1.807, 2.05) is 19.1 Å². The molecule has 176 valence electrons. The van der Waals surface area contributed by atoms with Crippen molar-refractivity contribution >= 4 is 38.9 Å². The molecule has 0 unspecified atom stereocenters. The highest BCUT2D eigenvalue weighted by Crippen LogP contribution is 2.33. The van der Waals surface area contributed by atoms with Gasteiger partial charge in [0, 0.05) is 41.5 Å². The van der Waals surface area contributed by atoms with E-state index in [4.69, 9.17) is 16.3 Å². The number of likely N-dealkylation sites (tertiary alicyclic amines) is 1. The van der Waals surface area contributed by atoms with Gasteiger partial charge in [0.15, 0.2) is 0 Å². The Morgan fingerprint density at radius 3 is 2.44 bits per heavy atom. The summed E-state index contributed by atoms with van der Waals surface area (Å²) < 4.78 is 32.1. The fourth-order valence-corrected chi connectivity index (χ4v) is 6.57. The number of rotatable bonds is 8. The number of hydrogen-bond acceptors (Lipinski definition) is 6. The summed E-state index contributed by atoms with van der Waals surface area (Å²) in [5.74, 6) is -0.169. The van der Waals surface area contributed by atoms with Crippen LogP contribution in [0.1, 0.15) is 28.2 Å². The molecule has 32 heavy (non-hydrogen) atoms. The Labute approximate surface area is 198 Å². The molecule has 1 N–H and O–H groups in total. The second-order valence-corrected chi connectivity index (χ2v) is 12.0. The summed E-state index contributed by atoms with van der Waals surface area (Å²) in [4.78, 5) is 16.2. The van der Waals surface area contributed by atoms with Crippen LogP contribution in [0, 0.1) is 13.8 Å². The molecule has 1 aromatic carbocycles. The van der Waals surface area contributed by atoms with Gasteiger partial charge in [-0.05, 0) is 50.5 Å². The maximum Gasteiger partial charge on any atom is 0.248 e. The van der Waals surface area contributed by atoms with Crippen molar-refractivity contribution in [3.63, 3.8) is 0 Å². The predicted octanol–water partition coefficient (Wildman–Crippen LogP) is 3.17. The van der Waals surface area contributed by atoms with Crippen molar-refractivity contribution in [2.75, 3.05) is 39.9 Å². The van der Waals surface area contributed by atoms with Gasteiger partial charge in [-0.15, -0.1) is 11.3 Å². The Bertz CT molecular complexity index is 1040. The molecule has 0 spiro atoms. The van der Waals surface area contributed by atoms with Crippen LogP contribution in [0.3, 0.4) is 0 Å². The highest BCUT2D eigenvalue weighted by atomic mass is 35.5. The third kappa shape index (κ3) is 5.70. The predicted molar refractivity (Wildman–Crippen MR) is 126 cm³/mol. The lowest BCUT2D eigenvalue weighted by atomic mass is 9.84. The normalized spacial score (nSPS) is 16.5. The van der Waals surface area contributed by atoms with Crippen molar-refractivity contribution in [3.05, 3.63) is 50.7 Å². The van der Waals surface area contributed by atoms with Crippen LogP contribution < -0.4 is 0 Å². The topological polar surface area (TPSA) is 87.2 Å². The average molecular weight is 501 g/mol. The maximum absolute atomic E-state index is 12.7. The van der Waals surface area contributed by atoms with E-state index in [1.165, 1.54) is 22.7 Å². The number of sulfonamides is 1. The number of aryl methyl sites for hydroxylation is 2.